The third kappa shape index (κ3) is 9.12. The van der Waals surface area contributed by atoms with E-state index in [1.165, 1.54) is 18.4 Å². The molecule has 1 unspecified atom stereocenters. The lowest BCUT2D eigenvalue weighted by atomic mass is 10.2. The average molecular weight is 255 g/mol. The molecule has 1 rings (SSSR count). The second kappa shape index (κ2) is 9.42. The van der Waals surface area contributed by atoms with Crippen LogP contribution < -0.4 is 5.14 Å². The van der Waals surface area contributed by atoms with Gasteiger partial charge in [-0.05, 0) is 18.4 Å². The van der Waals surface area contributed by atoms with Crippen molar-refractivity contribution in [2.24, 2.45) is 11.1 Å². The van der Waals surface area contributed by atoms with Gasteiger partial charge in [-0.1, -0.05) is 46.1 Å². The van der Waals surface area contributed by atoms with E-state index in [9.17, 15) is 0 Å². The van der Waals surface area contributed by atoms with E-state index in [1.54, 1.807) is 0 Å². The fourth-order valence-corrected chi connectivity index (χ4v) is 1.08. The van der Waals surface area contributed by atoms with Crippen LogP contribution >= 0.6 is 11.9 Å². The molecule has 1 heterocycles. The van der Waals surface area contributed by atoms with Gasteiger partial charge < -0.3 is 0 Å². The normalized spacial score (nSPS) is 11.9. The molecule has 0 amide bonds. The standard InChI is InChI=1S/C8H13N3S.C5H12/c1-6-4-10-8(11-5-6)3-7(2)12-9;1-4-5(2)3/h4-5,7H,3,9H2,1-2H3;5H,4H2,1-3H3. The second-order valence-corrected chi connectivity index (χ2v) is 5.71. The summed E-state index contributed by atoms with van der Waals surface area (Å²) in [6.07, 6.45) is 5.80. The summed E-state index contributed by atoms with van der Waals surface area (Å²) in [5.74, 6) is 1.75. The first-order chi connectivity index (χ1) is 7.99. The van der Waals surface area contributed by atoms with Gasteiger partial charge >= 0.3 is 0 Å². The van der Waals surface area contributed by atoms with E-state index in [-0.39, 0.29) is 0 Å². The van der Waals surface area contributed by atoms with Gasteiger partial charge in [0.05, 0.1) is 0 Å². The van der Waals surface area contributed by atoms with Crippen LogP contribution in [0, 0.1) is 12.8 Å². The van der Waals surface area contributed by atoms with Crippen molar-refractivity contribution in [3.05, 3.63) is 23.8 Å². The van der Waals surface area contributed by atoms with Crippen molar-refractivity contribution < 1.29 is 0 Å². The van der Waals surface area contributed by atoms with E-state index in [0.29, 0.717) is 5.25 Å². The van der Waals surface area contributed by atoms with Gasteiger partial charge in [-0.25, -0.2) is 9.97 Å². The summed E-state index contributed by atoms with van der Waals surface area (Å²) in [5.41, 5.74) is 1.09. The first-order valence-corrected chi connectivity index (χ1v) is 7.06. The van der Waals surface area contributed by atoms with Gasteiger partial charge in [-0.2, -0.15) is 0 Å². The van der Waals surface area contributed by atoms with Gasteiger partial charge in [0.1, 0.15) is 5.82 Å². The molecule has 0 saturated carbocycles. The molecule has 0 saturated heterocycles. The molecule has 3 nitrogen and oxygen atoms in total. The summed E-state index contributed by atoms with van der Waals surface area (Å²) in [5, 5.41) is 5.79. The van der Waals surface area contributed by atoms with Crippen LogP contribution in [0.3, 0.4) is 0 Å². The molecule has 17 heavy (non-hydrogen) atoms. The maximum Gasteiger partial charge on any atom is 0.129 e. The monoisotopic (exact) mass is 255 g/mol. The minimum absolute atomic E-state index is 0.382. The molecule has 4 heteroatoms. The molecular formula is C13H25N3S. The third-order valence-corrected chi connectivity index (χ3v) is 2.98. The van der Waals surface area contributed by atoms with Crippen LogP contribution in [0.4, 0.5) is 0 Å². The molecule has 2 N–H and O–H groups in total. The van der Waals surface area contributed by atoms with Crippen molar-refractivity contribution >= 4 is 11.9 Å². The number of aryl methyl sites for hydroxylation is 1. The molecule has 0 aliphatic rings. The topological polar surface area (TPSA) is 51.8 Å². The second-order valence-electron chi connectivity index (χ2n) is 4.63. The number of nitrogens with zero attached hydrogens (tertiary/aromatic N) is 2. The largest absolute Gasteiger partial charge is 0.278 e. The third-order valence-electron chi connectivity index (χ3n) is 2.35. The number of rotatable bonds is 4. The lowest BCUT2D eigenvalue weighted by molar-refractivity contribution is 0.626. The molecule has 0 fully saturated rings. The molecule has 1 atom stereocenters. The molecule has 0 aromatic carbocycles. The van der Waals surface area contributed by atoms with E-state index >= 15 is 0 Å². The molecule has 1 aromatic heterocycles. The van der Waals surface area contributed by atoms with Crippen LogP contribution in [0.2, 0.25) is 0 Å². The Balaban J connectivity index is 0.000000437. The minimum atomic E-state index is 0.382. The number of aromatic nitrogens is 2. The SMILES string of the molecule is CCC(C)C.Cc1cnc(CC(C)SN)nc1. The van der Waals surface area contributed by atoms with Gasteiger partial charge in [0, 0.05) is 24.1 Å². The molecule has 1 aromatic rings. The highest BCUT2D eigenvalue weighted by Crippen LogP contribution is 2.06. The molecule has 0 radical (unpaired) electrons. The molecule has 0 aliphatic heterocycles. The first-order valence-electron chi connectivity index (χ1n) is 6.12. The predicted molar refractivity (Wildman–Crippen MR) is 76.8 cm³/mol. The van der Waals surface area contributed by atoms with Crippen molar-refractivity contribution in [3.8, 4) is 0 Å². The lowest BCUT2D eigenvalue weighted by Crippen LogP contribution is -2.07. The Bertz CT molecular complexity index is 285. The van der Waals surface area contributed by atoms with Gasteiger partial charge in [0.15, 0.2) is 0 Å². The Hall–Kier alpha value is -0.610. The summed E-state index contributed by atoms with van der Waals surface area (Å²) < 4.78 is 0. The smallest absolute Gasteiger partial charge is 0.129 e. The predicted octanol–water partition coefficient (Wildman–Crippen LogP) is 3.38. The molecule has 0 spiro atoms. The van der Waals surface area contributed by atoms with Crippen molar-refractivity contribution in [2.75, 3.05) is 0 Å². The van der Waals surface area contributed by atoms with Gasteiger partial charge in [0.25, 0.3) is 0 Å². The molecule has 0 bridgehead atoms. The fraction of sp³-hybridized carbons (Fsp3) is 0.692. The van der Waals surface area contributed by atoms with Crippen LogP contribution in [0.1, 0.15) is 45.5 Å². The van der Waals surface area contributed by atoms with Crippen LogP contribution in [0.5, 0.6) is 0 Å². The number of hydrogen-bond acceptors (Lipinski definition) is 4. The van der Waals surface area contributed by atoms with Crippen molar-refractivity contribution in [2.45, 2.75) is 52.7 Å². The van der Waals surface area contributed by atoms with E-state index in [4.69, 9.17) is 5.14 Å². The highest BCUT2D eigenvalue weighted by atomic mass is 32.2. The van der Waals surface area contributed by atoms with Gasteiger partial charge in [0.2, 0.25) is 0 Å². The van der Waals surface area contributed by atoms with Crippen LogP contribution in [0.25, 0.3) is 0 Å². The Kier molecular flexibility index (Phi) is 9.09. The Labute approximate surface area is 110 Å². The number of nitrogens with two attached hydrogens (primary N) is 1. The van der Waals surface area contributed by atoms with Crippen molar-refractivity contribution in [3.63, 3.8) is 0 Å². The number of hydrogen-bond donors (Lipinski definition) is 1. The van der Waals surface area contributed by atoms with E-state index in [2.05, 4.69) is 37.7 Å². The van der Waals surface area contributed by atoms with Crippen LogP contribution in [0.15, 0.2) is 12.4 Å². The lowest BCUT2D eigenvalue weighted by Gasteiger charge is -2.05. The first kappa shape index (κ1) is 16.4. The van der Waals surface area contributed by atoms with E-state index < -0.39 is 0 Å². The Morgan fingerprint density at radius 2 is 1.71 bits per heavy atom. The zero-order valence-corrected chi connectivity index (χ0v) is 12.4. The summed E-state index contributed by atoms with van der Waals surface area (Å²) in [4.78, 5) is 8.37. The zero-order chi connectivity index (χ0) is 13.3. The van der Waals surface area contributed by atoms with Gasteiger partial charge in [-0.15, -0.1) is 0 Å². The fourth-order valence-electron chi connectivity index (χ4n) is 0.830. The van der Waals surface area contributed by atoms with Gasteiger partial charge in [-0.3, -0.25) is 5.14 Å². The maximum atomic E-state index is 5.41. The quantitative estimate of drug-likeness (QED) is 0.838. The van der Waals surface area contributed by atoms with E-state index in [1.807, 2.05) is 19.3 Å². The molecule has 98 valence electrons. The summed E-state index contributed by atoms with van der Waals surface area (Å²) in [6.45, 7) is 10.7. The van der Waals surface area contributed by atoms with Crippen molar-refractivity contribution in [1.82, 2.24) is 9.97 Å². The van der Waals surface area contributed by atoms with Crippen LogP contribution in [-0.2, 0) is 6.42 Å². The van der Waals surface area contributed by atoms with E-state index in [0.717, 1.165) is 23.7 Å². The summed E-state index contributed by atoms with van der Waals surface area (Å²) >= 11 is 1.34. The zero-order valence-electron chi connectivity index (χ0n) is 11.6. The molecule has 0 aliphatic carbocycles. The van der Waals surface area contributed by atoms with Crippen LogP contribution in [-0.4, -0.2) is 15.2 Å². The highest BCUT2D eigenvalue weighted by molar-refractivity contribution is 7.97. The summed E-state index contributed by atoms with van der Waals surface area (Å²) in [7, 11) is 0. The van der Waals surface area contributed by atoms with Crippen molar-refractivity contribution in [1.29, 1.82) is 0 Å². The maximum absolute atomic E-state index is 5.41. The minimum Gasteiger partial charge on any atom is -0.278 e. The highest BCUT2D eigenvalue weighted by Gasteiger charge is 2.03. The average Bonchev–Trinajstić information content (AvgIpc) is 2.32. The molecular weight excluding hydrogens is 230 g/mol. The Morgan fingerprint density at radius 1 is 1.24 bits per heavy atom. The summed E-state index contributed by atoms with van der Waals surface area (Å²) in [6, 6.07) is 0. The Morgan fingerprint density at radius 3 is 2.06 bits per heavy atom.